The third-order valence-electron chi connectivity index (χ3n) is 18.6. The van der Waals surface area contributed by atoms with Gasteiger partial charge in [0.1, 0.15) is 104 Å². The molecule has 0 aromatic heterocycles. The van der Waals surface area contributed by atoms with Gasteiger partial charge in [0.25, 0.3) is 0 Å². The van der Waals surface area contributed by atoms with Gasteiger partial charge in [0, 0.05) is 6.92 Å². The molecule has 542 valence electrons. The van der Waals surface area contributed by atoms with Crippen molar-refractivity contribution in [3.63, 3.8) is 0 Å². The van der Waals surface area contributed by atoms with E-state index in [-0.39, 0.29) is 12.8 Å². The number of ether oxygens (including phenoxy) is 8. The summed E-state index contributed by atoms with van der Waals surface area (Å²) in [4.78, 5) is 26.3. The van der Waals surface area contributed by atoms with Crippen molar-refractivity contribution in [3.05, 3.63) is 0 Å². The number of aliphatic hydroxyl groups excluding tert-OH is 14. The molecule has 0 radical (unpaired) electrons. The Bertz CT molecular complexity index is 1910. The minimum atomic E-state index is -2.10. The molecule has 0 aromatic carbocycles. The van der Waals surface area contributed by atoms with Gasteiger partial charge in [-0.15, -0.1) is 0 Å². The van der Waals surface area contributed by atoms with Gasteiger partial charge in [0.05, 0.1) is 44.7 Å². The summed E-state index contributed by atoms with van der Waals surface area (Å²) in [6.07, 6.45) is -3.22. The second-order valence-electron chi connectivity index (χ2n) is 26.4. The average molecular weight is 1330 g/mol. The molecular weight excluding hydrogens is 1200 g/mol. The fourth-order valence-corrected chi connectivity index (χ4v) is 12.6. The second-order valence-corrected chi connectivity index (χ2v) is 26.4. The minimum Gasteiger partial charge on any atom is -0.394 e. The van der Waals surface area contributed by atoms with Gasteiger partial charge in [-0.05, 0) is 19.8 Å². The fraction of sp³-hybridized carbons (Fsp3) is 0.970. The van der Waals surface area contributed by atoms with E-state index in [4.69, 9.17) is 37.9 Å². The molecule has 4 aliphatic heterocycles. The molecule has 0 aliphatic carbocycles. The molecule has 2 amide bonds. The Morgan fingerprint density at radius 2 is 0.837 bits per heavy atom. The van der Waals surface area contributed by atoms with Crippen LogP contribution in [-0.4, -0.2) is 257 Å². The van der Waals surface area contributed by atoms with Crippen molar-refractivity contribution in [3.8, 4) is 0 Å². The normalized spacial score (nSPS) is 33.3. The molecule has 4 aliphatic rings. The largest absolute Gasteiger partial charge is 0.394 e. The summed E-state index contributed by atoms with van der Waals surface area (Å²) in [5.41, 5.74) is 0. The highest BCUT2D eigenvalue weighted by atomic mass is 16.8. The van der Waals surface area contributed by atoms with E-state index in [0.717, 1.165) is 64.7 Å². The van der Waals surface area contributed by atoms with Crippen LogP contribution in [0.1, 0.15) is 233 Å². The van der Waals surface area contributed by atoms with E-state index in [2.05, 4.69) is 24.5 Å². The number of nitrogens with one attached hydrogen (secondary N) is 2. The number of hydrogen-bond donors (Lipinski definition) is 16. The van der Waals surface area contributed by atoms with Crippen LogP contribution in [0.3, 0.4) is 0 Å². The lowest BCUT2D eigenvalue weighted by Gasteiger charge is -2.48. The van der Waals surface area contributed by atoms with Crippen molar-refractivity contribution < 1.29 is 119 Å². The number of amides is 2. The quantitative estimate of drug-likeness (QED) is 0.0389. The van der Waals surface area contributed by atoms with Crippen molar-refractivity contribution in [2.45, 2.75) is 380 Å². The first-order valence-electron chi connectivity index (χ1n) is 35.3. The molecule has 4 fully saturated rings. The maximum absolute atomic E-state index is 13.7. The van der Waals surface area contributed by atoms with Crippen molar-refractivity contribution >= 4 is 11.8 Å². The lowest BCUT2D eigenvalue weighted by molar-refractivity contribution is -0.373. The van der Waals surface area contributed by atoms with Crippen molar-refractivity contribution in [2.24, 2.45) is 0 Å². The molecule has 0 aromatic rings. The van der Waals surface area contributed by atoms with Gasteiger partial charge in [0.2, 0.25) is 11.8 Å². The molecule has 24 unspecified atom stereocenters. The number of aliphatic hydroxyl groups is 14. The zero-order chi connectivity index (χ0) is 67.5. The van der Waals surface area contributed by atoms with E-state index in [1.807, 2.05) is 0 Å². The lowest BCUT2D eigenvalue weighted by Crippen LogP contribution is -2.68. The summed E-state index contributed by atoms with van der Waals surface area (Å²) in [5, 5.41) is 159. The third-order valence-corrected chi connectivity index (χ3v) is 18.6. The van der Waals surface area contributed by atoms with E-state index in [9.17, 15) is 81.1 Å². The molecule has 0 saturated carbocycles. The zero-order valence-corrected chi connectivity index (χ0v) is 55.7. The molecular formula is C66H124N2O24. The molecule has 26 heteroatoms. The Balaban J connectivity index is 1.40. The highest BCUT2D eigenvalue weighted by molar-refractivity contribution is 5.80. The van der Waals surface area contributed by atoms with Crippen LogP contribution < -0.4 is 10.6 Å². The summed E-state index contributed by atoms with van der Waals surface area (Å²) in [5.74, 6) is -1.55. The van der Waals surface area contributed by atoms with Gasteiger partial charge in [0.15, 0.2) is 25.2 Å². The van der Waals surface area contributed by atoms with Crippen molar-refractivity contribution in [2.75, 3.05) is 26.4 Å². The highest BCUT2D eigenvalue weighted by Gasteiger charge is 2.54. The van der Waals surface area contributed by atoms with E-state index in [1.54, 1.807) is 0 Å². The summed E-state index contributed by atoms with van der Waals surface area (Å²) in [7, 11) is 0. The van der Waals surface area contributed by atoms with E-state index < -0.39 is 185 Å². The lowest BCUT2D eigenvalue weighted by atomic mass is 9.95. The van der Waals surface area contributed by atoms with Gasteiger partial charge in [-0.1, -0.05) is 206 Å². The molecule has 4 rings (SSSR count). The standard InChI is InChI=1S/C66H124N2O24/c1-5-7-9-11-13-15-17-18-19-20-21-22-23-24-26-28-30-32-34-36-45(73)62(84)68-43(51(75)44(72)35-33-31-29-27-25-16-14-12-10-8-6-2)39-85-66-61(57(81)52(76)46(37-69)89-66)92-65-59(83)56(80)53(77)48(90-65)40-86-63-49(67-42(4)71)60(54(78)47(38-70)88-63)91-64-58(82)55(79)50(74)41(3)87-64/h41,43-61,63-66,69-70,72-83H,5-40H2,1-4H3,(H,67,71)(H,68,84). The van der Waals surface area contributed by atoms with Crippen LogP contribution in [0.4, 0.5) is 0 Å². The number of carbonyl (C=O) groups is 2. The molecule has 16 N–H and O–H groups in total. The molecule has 0 spiro atoms. The van der Waals surface area contributed by atoms with Crippen LogP contribution in [0.5, 0.6) is 0 Å². The Morgan fingerprint density at radius 1 is 0.435 bits per heavy atom. The summed E-state index contributed by atoms with van der Waals surface area (Å²) in [6, 6.07) is -2.93. The first-order chi connectivity index (χ1) is 44.2. The maximum Gasteiger partial charge on any atom is 0.249 e. The molecule has 0 bridgehead atoms. The number of rotatable bonds is 49. The van der Waals surface area contributed by atoms with Crippen LogP contribution in [0.15, 0.2) is 0 Å². The Morgan fingerprint density at radius 3 is 1.32 bits per heavy atom. The monoisotopic (exact) mass is 1330 g/mol. The Kier molecular flexibility index (Phi) is 41.6. The van der Waals surface area contributed by atoms with Gasteiger partial charge >= 0.3 is 0 Å². The summed E-state index contributed by atoms with van der Waals surface area (Å²) in [6.45, 7) is 3.77. The molecule has 4 saturated heterocycles. The number of unbranched alkanes of at least 4 members (excludes halogenated alkanes) is 28. The average Bonchev–Trinajstić information content (AvgIpc) is 0.815. The maximum atomic E-state index is 13.7. The van der Waals surface area contributed by atoms with Gasteiger partial charge in [-0.2, -0.15) is 0 Å². The van der Waals surface area contributed by atoms with E-state index in [0.29, 0.717) is 12.8 Å². The van der Waals surface area contributed by atoms with Gasteiger partial charge in [-0.25, -0.2) is 0 Å². The predicted molar refractivity (Wildman–Crippen MR) is 337 cm³/mol. The number of hydrogen-bond acceptors (Lipinski definition) is 24. The molecule has 4 heterocycles. The smallest absolute Gasteiger partial charge is 0.249 e. The van der Waals surface area contributed by atoms with Crippen molar-refractivity contribution in [1.29, 1.82) is 0 Å². The van der Waals surface area contributed by atoms with Gasteiger partial charge in [-0.3, -0.25) is 9.59 Å². The molecule has 92 heavy (non-hydrogen) atoms. The van der Waals surface area contributed by atoms with Crippen LogP contribution in [0, 0.1) is 0 Å². The van der Waals surface area contributed by atoms with Crippen LogP contribution in [-0.2, 0) is 47.5 Å². The van der Waals surface area contributed by atoms with Crippen molar-refractivity contribution in [1.82, 2.24) is 10.6 Å². The van der Waals surface area contributed by atoms with E-state index >= 15 is 0 Å². The van der Waals surface area contributed by atoms with E-state index in [1.165, 1.54) is 129 Å². The van der Waals surface area contributed by atoms with Crippen LogP contribution in [0.25, 0.3) is 0 Å². The zero-order valence-electron chi connectivity index (χ0n) is 55.7. The molecule has 24 atom stereocenters. The van der Waals surface area contributed by atoms with Crippen LogP contribution in [0.2, 0.25) is 0 Å². The third kappa shape index (κ3) is 28.1. The summed E-state index contributed by atoms with van der Waals surface area (Å²) < 4.78 is 47.1. The highest BCUT2D eigenvalue weighted by Crippen LogP contribution is 2.34. The van der Waals surface area contributed by atoms with Crippen LogP contribution >= 0.6 is 0 Å². The Hall–Kier alpha value is -1.94. The van der Waals surface area contributed by atoms with Gasteiger partial charge < -0.3 is 120 Å². The second kappa shape index (κ2) is 46.4. The first kappa shape index (κ1) is 82.5. The topological polar surface area (TPSA) is 415 Å². The molecule has 26 nitrogen and oxygen atoms in total. The fourth-order valence-electron chi connectivity index (χ4n) is 12.6. The Labute approximate surface area is 546 Å². The summed E-state index contributed by atoms with van der Waals surface area (Å²) >= 11 is 0. The first-order valence-corrected chi connectivity index (χ1v) is 35.3. The minimum absolute atomic E-state index is 0.124. The predicted octanol–water partition coefficient (Wildman–Crippen LogP) is 2.54. The SMILES string of the molecule is CCCCCCCCCCCCCCCCCCCCCC(O)C(=O)NC(COC1OC(CO)C(O)C(O)C1OC1OC(COC2OC(CO)C(O)C(OC3OC(C)C(O)C(O)C3O)C2NC(C)=O)C(O)C(O)C1O)C(O)C(O)CCCCCCCCCCCCC. The number of carbonyl (C=O) groups excluding carboxylic acids is 2.